The molecule has 0 unspecified atom stereocenters. The third-order valence-electron chi connectivity index (χ3n) is 20.4. The van der Waals surface area contributed by atoms with Gasteiger partial charge in [0.2, 0.25) is 0 Å². The molecule has 20 nitrogen and oxygen atoms in total. The van der Waals surface area contributed by atoms with Crippen molar-refractivity contribution >= 4 is 68.1 Å². The Kier molecular flexibility index (Phi) is 24.2. The van der Waals surface area contributed by atoms with E-state index in [1.165, 1.54) is 52.3 Å². The zero-order valence-electron chi connectivity index (χ0n) is 64.7. The Morgan fingerprint density at radius 2 is 0.838 bits per heavy atom. The van der Waals surface area contributed by atoms with Crippen LogP contribution in [0.1, 0.15) is 178 Å². The van der Waals surface area contributed by atoms with Crippen molar-refractivity contribution < 1.29 is 45.5 Å². The average molecular weight is 1550 g/mol. The lowest BCUT2D eigenvalue weighted by Crippen LogP contribution is -2.30. The van der Waals surface area contributed by atoms with Crippen LogP contribution in [0.4, 0.5) is 35.9 Å². The fourth-order valence-electron chi connectivity index (χ4n) is 14.5. The number of anilines is 4. The molecule has 0 bridgehead atoms. The number of benzene rings is 7. The van der Waals surface area contributed by atoms with E-state index >= 15 is 0 Å². The second kappa shape index (κ2) is 33.7. The van der Waals surface area contributed by atoms with Gasteiger partial charge in [-0.15, -0.1) is 0 Å². The number of hydrogen-bond donors (Lipinski definition) is 2. The summed E-state index contributed by atoms with van der Waals surface area (Å²) >= 11 is 5.47. The van der Waals surface area contributed by atoms with Crippen molar-refractivity contribution in [2.24, 2.45) is 28.2 Å². The summed E-state index contributed by atoms with van der Waals surface area (Å²) in [5, 5.41) is 20.8. The lowest BCUT2D eigenvalue weighted by Gasteiger charge is -2.23. The fraction of sp³-hybridized carbons (Fsp3) is 0.326. The molecule has 25 heteroatoms. The van der Waals surface area contributed by atoms with Crippen LogP contribution in [0.5, 0.6) is 0 Å². The molecule has 4 aromatic heterocycles. The van der Waals surface area contributed by atoms with Crippen molar-refractivity contribution in [3.63, 3.8) is 0 Å². The first kappa shape index (κ1) is 79.6. The second-order valence-electron chi connectivity index (χ2n) is 30.0. The molecule has 0 fully saturated rings. The second-order valence-corrected chi connectivity index (χ2v) is 32.5. The summed E-state index contributed by atoms with van der Waals surface area (Å²) in [6.45, 7) is 17.5. The summed E-state index contributed by atoms with van der Waals surface area (Å²) in [4.78, 5) is 59.9. The molecule has 15 rings (SSSR count). The Morgan fingerprint density at radius 1 is 0.477 bits per heavy atom. The van der Waals surface area contributed by atoms with E-state index in [2.05, 4.69) is 73.9 Å². The molecular weight excluding hydrogens is 1450 g/mol. The first-order chi connectivity index (χ1) is 52.9. The van der Waals surface area contributed by atoms with Gasteiger partial charge in [0, 0.05) is 169 Å². The van der Waals surface area contributed by atoms with Crippen LogP contribution in [0.15, 0.2) is 152 Å². The van der Waals surface area contributed by atoms with Gasteiger partial charge in [-0.3, -0.25) is 37.9 Å². The number of halogens is 4. The predicted molar refractivity (Wildman–Crippen MR) is 426 cm³/mol. The van der Waals surface area contributed by atoms with Crippen LogP contribution >= 0.6 is 11.8 Å². The molecule has 111 heavy (non-hydrogen) atoms. The van der Waals surface area contributed by atoms with Gasteiger partial charge in [0.25, 0.3) is 17.7 Å². The molecule has 0 radical (unpaired) electrons. The zero-order valence-corrected chi connectivity index (χ0v) is 66.3. The maximum Gasteiger partial charge on any atom is 0.306 e. The van der Waals surface area contributed by atoms with Gasteiger partial charge in [-0.05, 0) is 174 Å². The van der Waals surface area contributed by atoms with Gasteiger partial charge in [0.1, 0.15) is 23.1 Å². The van der Waals surface area contributed by atoms with Crippen LogP contribution in [0, 0.1) is 45.1 Å². The third-order valence-corrected chi connectivity index (χ3v) is 22.4. The average Bonchev–Trinajstić information content (AvgIpc) is 1.67. The molecule has 578 valence electrons. The number of amides is 3. The Hall–Kier alpha value is -11.0. The highest BCUT2D eigenvalue weighted by Crippen LogP contribution is 2.37. The maximum absolute atomic E-state index is 14.9. The molecule has 4 aliphatic heterocycles. The molecule has 0 saturated heterocycles. The number of hydrogen-bond acceptors (Lipinski definition) is 13. The van der Waals surface area contributed by atoms with E-state index in [0.717, 1.165) is 97.2 Å². The number of fused-ring (bicyclic) bond motifs is 8. The minimum absolute atomic E-state index is 0.0735. The highest BCUT2D eigenvalue weighted by atomic mass is 35.5. The molecule has 11 aromatic rings. The molecule has 8 heterocycles. The predicted octanol–water partition coefficient (Wildman–Crippen LogP) is 15.0. The fourth-order valence-corrected chi connectivity index (χ4v) is 16.0. The summed E-state index contributed by atoms with van der Waals surface area (Å²) in [6.07, 6.45) is 11.2. The van der Waals surface area contributed by atoms with Gasteiger partial charge >= 0.3 is 5.97 Å². The number of aryl methyl sites for hydroxylation is 10. The van der Waals surface area contributed by atoms with Gasteiger partial charge in [-0.1, -0.05) is 95.9 Å². The summed E-state index contributed by atoms with van der Waals surface area (Å²) in [6, 6.07) is 37.9. The lowest BCUT2D eigenvalue weighted by atomic mass is 10.0. The van der Waals surface area contributed by atoms with E-state index in [1.54, 1.807) is 91.3 Å². The van der Waals surface area contributed by atoms with Crippen LogP contribution in [0.2, 0.25) is 0 Å². The van der Waals surface area contributed by atoms with E-state index in [4.69, 9.17) is 16.5 Å². The van der Waals surface area contributed by atoms with Crippen molar-refractivity contribution in [3.8, 4) is 0 Å². The SMILES string of the molecule is CCCS(=O)(=O)CCc1ccc(C(=O)N2Cc3cnn(C)c3Cc3cc(C)ccc32)cc1F.Cc1ccc2c(c1)Cc1c(cnn1C)CN2.Cc1ccc2c(c1)Cc1c(cnn1C)CN2C(=O)c1ccc(CCC(=O)OC(C)(C)C)c(F)c1.Cc1ccc2c(c1)Cc1c(cnn1C)CN2C(=O)c1ccc(CNCl)c(F)c1. The first-order valence-corrected chi connectivity index (χ1v) is 39.3. The van der Waals surface area contributed by atoms with Crippen LogP contribution in [-0.4, -0.2) is 88.3 Å². The highest BCUT2D eigenvalue weighted by Gasteiger charge is 2.32. The van der Waals surface area contributed by atoms with E-state index in [0.29, 0.717) is 67.6 Å². The molecule has 2 N–H and O–H groups in total. The molecule has 0 aliphatic carbocycles. The maximum atomic E-state index is 14.9. The Balaban J connectivity index is 0.000000141. The summed E-state index contributed by atoms with van der Waals surface area (Å²) in [5.74, 6) is -2.74. The molecule has 4 aliphatic rings. The number of aromatic nitrogens is 8. The van der Waals surface area contributed by atoms with E-state index in [1.807, 2.05) is 110 Å². The van der Waals surface area contributed by atoms with Gasteiger partial charge in [0.05, 0.1) is 50.2 Å². The van der Waals surface area contributed by atoms with Crippen molar-refractivity contribution in [1.82, 2.24) is 44.0 Å². The molecule has 0 saturated carbocycles. The van der Waals surface area contributed by atoms with Crippen LogP contribution in [-0.2, 0) is 119 Å². The minimum atomic E-state index is -3.21. The number of rotatable bonds is 13. The summed E-state index contributed by atoms with van der Waals surface area (Å²) in [7, 11) is 4.50. The number of sulfone groups is 1. The van der Waals surface area contributed by atoms with Gasteiger partial charge < -0.3 is 24.8 Å². The topological polar surface area (TPSA) is 217 Å². The van der Waals surface area contributed by atoms with Gasteiger partial charge in [0.15, 0.2) is 9.84 Å². The van der Waals surface area contributed by atoms with Crippen molar-refractivity contribution in [2.45, 2.75) is 145 Å². The smallest absolute Gasteiger partial charge is 0.306 e. The van der Waals surface area contributed by atoms with Gasteiger partial charge in [-0.2, -0.15) is 20.4 Å². The molecule has 7 aromatic carbocycles. The van der Waals surface area contributed by atoms with Gasteiger partial charge in [-0.25, -0.2) is 26.4 Å². The summed E-state index contributed by atoms with van der Waals surface area (Å²) in [5.41, 5.74) is 22.9. The molecule has 0 spiro atoms. The standard InChI is InChI=1S/C27H30FN3O3.C25H28FN3O3S.C21H20ClFN4O.C13H15N3/c1-17-6-10-23-20(12-17)14-24-21(15-29-30(24)5)16-31(23)26(33)19-8-7-18(22(28)13-19)9-11-25(32)34-27(2,3)4;1-4-10-33(31,32)11-9-18-6-7-19(13-22(18)26)25(30)29-16-21-15-27-28(3)24(21)14-20-12-17(2)5-8-23(20)29;1-13-3-6-19-16(7-13)9-20-17(11-25-26(20)2)12-27(19)21(28)14-4-5-15(10-24-22)18(23)8-14;1-9-3-4-12-10(5-9)6-13-11(7-14-12)8-15-16(13)2/h6-8,10,12-13,15H,9,11,14,16H2,1-5H3;5-8,12-13,15H,4,9-11,14,16H2,1-3H3;3-8,11,24H,9-10,12H2,1-2H3;3-5,8,14H,6-7H2,1-2H3. The third kappa shape index (κ3) is 18.6. The Morgan fingerprint density at radius 3 is 1.23 bits per heavy atom. The van der Waals surface area contributed by atoms with Crippen LogP contribution < -0.4 is 24.9 Å². The monoisotopic (exact) mass is 1540 g/mol. The number of esters is 1. The molecule has 3 amide bonds. The Bertz CT molecular complexity index is 5480. The first-order valence-electron chi connectivity index (χ1n) is 37.1. The number of nitrogens with zero attached hydrogens (tertiary/aromatic N) is 11. The lowest BCUT2D eigenvalue weighted by molar-refractivity contribution is -0.154. The Labute approximate surface area is 651 Å². The summed E-state index contributed by atoms with van der Waals surface area (Å²) < 4.78 is 80.8. The largest absolute Gasteiger partial charge is 0.460 e. The van der Waals surface area contributed by atoms with Crippen molar-refractivity contribution in [1.29, 1.82) is 0 Å². The number of carbonyl (C=O) groups is 4. The van der Waals surface area contributed by atoms with E-state index in [-0.39, 0.29) is 72.1 Å². The number of carbonyl (C=O) groups excluding carboxylic acids is 4. The van der Waals surface area contributed by atoms with Crippen molar-refractivity contribution in [2.75, 3.05) is 31.5 Å². The minimum Gasteiger partial charge on any atom is -0.460 e. The zero-order chi connectivity index (χ0) is 79.3. The van der Waals surface area contributed by atoms with Crippen molar-refractivity contribution in [3.05, 3.63) is 293 Å². The molecule has 0 atom stereocenters. The normalized spacial score (nSPS) is 13.3. The van der Waals surface area contributed by atoms with Crippen LogP contribution in [0.25, 0.3) is 0 Å². The number of nitrogens with one attached hydrogen (secondary N) is 2. The highest BCUT2D eigenvalue weighted by molar-refractivity contribution is 7.91. The van der Waals surface area contributed by atoms with Crippen LogP contribution in [0.3, 0.4) is 0 Å². The van der Waals surface area contributed by atoms with E-state index in [9.17, 15) is 40.8 Å². The quantitative estimate of drug-likeness (QED) is 0.0812. The number of ether oxygens (including phenoxy) is 1. The van der Waals surface area contributed by atoms with E-state index < -0.39 is 32.9 Å². The molecular formula is C86H93ClF3N13O7S.